The van der Waals surface area contributed by atoms with Gasteiger partial charge in [-0.05, 0) is 6.92 Å². The number of thiol groups is 1. The maximum atomic E-state index is 10.1. The molecule has 0 fully saturated rings. The first kappa shape index (κ1) is 10.6. The van der Waals surface area contributed by atoms with Gasteiger partial charge >= 0.3 is 0 Å². The zero-order valence-corrected chi connectivity index (χ0v) is 8.96. The minimum absolute atomic E-state index is 0.230. The quantitative estimate of drug-likeness (QED) is 0.461. The topological polar surface area (TPSA) is 47.8 Å². The van der Waals surface area contributed by atoms with Crippen LogP contribution in [0.1, 0.15) is 24.3 Å². The molecule has 0 aliphatic carbocycles. The van der Waals surface area contributed by atoms with Crippen LogP contribution >= 0.6 is 22.5 Å². The molecule has 6 heteroatoms. The monoisotopic (exact) mass is 217 g/mol. The number of aryl methyl sites for hydroxylation is 1. The Morgan fingerprint density at radius 1 is 1.85 bits per heavy atom. The zero-order chi connectivity index (χ0) is 9.68. The lowest BCUT2D eigenvalue weighted by Gasteiger charge is -1.99. The first-order valence-corrected chi connectivity index (χ1v) is 5.85. The third-order valence-corrected chi connectivity index (χ3v) is 3.11. The van der Waals surface area contributed by atoms with Crippen molar-refractivity contribution in [1.29, 1.82) is 0 Å². The average molecular weight is 217 g/mol. The second-order valence-electron chi connectivity index (χ2n) is 2.61. The Morgan fingerprint density at radius 3 is 3.23 bits per heavy atom. The summed E-state index contributed by atoms with van der Waals surface area (Å²) in [6.45, 7) is 2.60. The predicted molar refractivity (Wildman–Crippen MR) is 55.7 cm³/mol. The van der Waals surface area contributed by atoms with Gasteiger partial charge in [0.1, 0.15) is 6.29 Å². The summed E-state index contributed by atoms with van der Waals surface area (Å²) < 4.78 is 1.67. The lowest BCUT2D eigenvalue weighted by Crippen LogP contribution is -1.98. The number of rotatable bonds is 5. The van der Waals surface area contributed by atoms with Gasteiger partial charge in [0.25, 0.3) is 0 Å². The Balaban J connectivity index is 2.57. The molecule has 0 amide bonds. The van der Waals surface area contributed by atoms with E-state index >= 15 is 0 Å². The summed E-state index contributed by atoms with van der Waals surface area (Å²) >= 11 is 4.09. The van der Waals surface area contributed by atoms with Gasteiger partial charge in [-0.25, -0.2) is 0 Å². The summed E-state index contributed by atoms with van der Waals surface area (Å²) in [7, 11) is 1.42. The summed E-state index contributed by atoms with van der Waals surface area (Å²) in [5.74, 6) is 0. The molecular formula is C7H11N3OS2. The summed E-state index contributed by atoms with van der Waals surface area (Å²) in [4.78, 5) is 10.1. The number of hydrogen-bond donors (Lipinski definition) is 1. The smallest absolute Gasteiger partial charge is 0.121 e. The molecule has 1 heterocycles. The van der Waals surface area contributed by atoms with Gasteiger partial charge in [-0.1, -0.05) is 16.0 Å². The molecule has 1 aromatic heterocycles. The van der Waals surface area contributed by atoms with Crippen LogP contribution in [0.15, 0.2) is 6.20 Å². The molecule has 0 aromatic carbocycles. The molecule has 1 aromatic rings. The van der Waals surface area contributed by atoms with Crippen LogP contribution in [-0.4, -0.2) is 21.3 Å². The van der Waals surface area contributed by atoms with Gasteiger partial charge < -0.3 is 4.79 Å². The Labute approximate surface area is 85.9 Å². The highest BCUT2D eigenvalue weighted by molar-refractivity contribution is 8.68. The normalized spacial score (nSPS) is 12.8. The minimum Gasteiger partial charge on any atom is -0.303 e. The maximum Gasteiger partial charge on any atom is 0.121 e. The second kappa shape index (κ2) is 5.29. The molecule has 13 heavy (non-hydrogen) atoms. The first-order chi connectivity index (χ1) is 6.27. The van der Waals surface area contributed by atoms with E-state index in [-0.39, 0.29) is 5.25 Å². The van der Waals surface area contributed by atoms with Gasteiger partial charge in [-0.15, -0.1) is 16.8 Å². The zero-order valence-electron chi connectivity index (χ0n) is 7.25. The molecule has 0 spiro atoms. The van der Waals surface area contributed by atoms with Crippen molar-refractivity contribution in [1.82, 2.24) is 15.0 Å². The molecule has 0 aliphatic heterocycles. The number of nitrogens with zero attached hydrogens (tertiary/aromatic N) is 3. The van der Waals surface area contributed by atoms with Gasteiger partial charge in [0, 0.05) is 19.2 Å². The van der Waals surface area contributed by atoms with Gasteiger partial charge in [0.05, 0.1) is 10.9 Å². The van der Waals surface area contributed by atoms with Crippen LogP contribution in [0.25, 0.3) is 0 Å². The Hall–Kier alpha value is -0.490. The highest BCUT2D eigenvalue weighted by atomic mass is 33.1. The molecule has 72 valence electrons. The fourth-order valence-electron chi connectivity index (χ4n) is 0.848. The second-order valence-corrected chi connectivity index (χ2v) is 4.16. The lowest BCUT2D eigenvalue weighted by molar-refractivity contribution is -0.108. The van der Waals surface area contributed by atoms with Crippen molar-refractivity contribution in [2.24, 2.45) is 0 Å². The van der Waals surface area contributed by atoms with Crippen LogP contribution in [0.2, 0.25) is 0 Å². The number of aldehydes is 1. The van der Waals surface area contributed by atoms with Crippen molar-refractivity contribution in [3.8, 4) is 0 Å². The molecule has 0 bridgehead atoms. The van der Waals surface area contributed by atoms with E-state index in [1.165, 1.54) is 10.8 Å². The Kier molecular flexibility index (Phi) is 4.31. The van der Waals surface area contributed by atoms with Crippen LogP contribution < -0.4 is 0 Å². The van der Waals surface area contributed by atoms with Crippen molar-refractivity contribution in [2.75, 3.05) is 0 Å². The van der Waals surface area contributed by atoms with E-state index in [4.69, 9.17) is 0 Å². The van der Waals surface area contributed by atoms with E-state index in [1.807, 2.05) is 13.1 Å². The number of carbonyl (C=O) groups excluding carboxylic acids is 1. The number of aromatic nitrogens is 3. The molecule has 0 aliphatic rings. The van der Waals surface area contributed by atoms with Gasteiger partial charge in [0.15, 0.2) is 0 Å². The van der Waals surface area contributed by atoms with Crippen molar-refractivity contribution < 1.29 is 4.79 Å². The molecule has 4 nitrogen and oxygen atoms in total. The van der Waals surface area contributed by atoms with Gasteiger partial charge in [-0.2, -0.15) is 0 Å². The SMILES string of the molecule is CC(SS)c1cn(CCC=O)nn1. The van der Waals surface area contributed by atoms with Crippen LogP contribution in [0.4, 0.5) is 0 Å². The average Bonchev–Trinajstić information content (AvgIpc) is 2.62. The van der Waals surface area contributed by atoms with Crippen LogP contribution in [0, 0.1) is 0 Å². The molecule has 1 atom stereocenters. The minimum atomic E-state index is 0.230. The number of carbonyl (C=O) groups is 1. The van der Waals surface area contributed by atoms with Crippen LogP contribution in [0.3, 0.4) is 0 Å². The summed E-state index contributed by atoms with van der Waals surface area (Å²) in [5.41, 5.74) is 0.894. The van der Waals surface area contributed by atoms with E-state index in [0.717, 1.165) is 12.0 Å². The predicted octanol–water partition coefficient (Wildman–Crippen LogP) is 1.51. The van der Waals surface area contributed by atoms with E-state index in [1.54, 1.807) is 4.68 Å². The Bertz CT molecular complexity index is 276. The van der Waals surface area contributed by atoms with Crippen LogP contribution in [-0.2, 0) is 11.3 Å². The largest absolute Gasteiger partial charge is 0.303 e. The molecule has 0 N–H and O–H groups in total. The van der Waals surface area contributed by atoms with Crippen molar-refractivity contribution in [2.45, 2.75) is 25.1 Å². The molecule has 0 radical (unpaired) electrons. The lowest BCUT2D eigenvalue weighted by atomic mass is 10.4. The van der Waals surface area contributed by atoms with Crippen molar-refractivity contribution in [3.63, 3.8) is 0 Å². The van der Waals surface area contributed by atoms with Crippen LogP contribution in [0.5, 0.6) is 0 Å². The molecule has 1 unspecified atom stereocenters. The van der Waals surface area contributed by atoms with E-state index in [9.17, 15) is 4.79 Å². The fourth-order valence-corrected chi connectivity index (χ4v) is 1.39. The third-order valence-electron chi connectivity index (χ3n) is 1.61. The summed E-state index contributed by atoms with van der Waals surface area (Å²) in [5, 5.41) is 8.08. The molecular weight excluding hydrogens is 206 g/mol. The van der Waals surface area contributed by atoms with Crippen molar-refractivity contribution in [3.05, 3.63) is 11.9 Å². The maximum absolute atomic E-state index is 10.1. The van der Waals surface area contributed by atoms with Gasteiger partial charge in [-0.3, -0.25) is 4.68 Å². The molecule has 1 rings (SSSR count). The van der Waals surface area contributed by atoms with E-state index in [2.05, 4.69) is 22.0 Å². The third kappa shape index (κ3) is 3.04. The highest BCUT2D eigenvalue weighted by Gasteiger charge is 2.08. The Morgan fingerprint density at radius 2 is 2.62 bits per heavy atom. The fraction of sp³-hybridized carbons (Fsp3) is 0.571. The standard InChI is InChI=1S/C7H11N3OS2/c1-6(13-12)7-5-10(9-8-7)3-2-4-11/h4-6,12H,2-3H2,1H3. The van der Waals surface area contributed by atoms with E-state index in [0.29, 0.717) is 13.0 Å². The first-order valence-electron chi connectivity index (χ1n) is 3.91. The summed E-state index contributed by atoms with van der Waals surface area (Å²) in [6, 6.07) is 0. The molecule has 0 saturated carbocycles. The summed E-state index contributed by atoms with van der Waals surface area (Å²) in [6.07, 6.45) is 3.20. The van der Waals surface area contributed by atoms with E-state index < -0.39 is 0 Å². The van der Waals surface area contributed by atoms with Crippen molar-refractivity contribution >= 4 is 28.7 Å². The number of hydrogen-bond acceptors (Lipinski definition) is 5. The van der Waals surface area contributed by atoms with Gasteiger partial charge in [0.2, 0.25) is 0 Å². The molecule has 0 saturated heterocycles. The highest BCUT2D eigenvalue weighted by Crippen LogP contribution is 2.28.